The maximum absolute atomic E-state index is 5.58. The second-order valence-electron chi connectivity index (χ2n) is 4.65. The van der Waals surface area contributed by atoms with Gasteiger partial charge in [0, 0.05) is 61.3 Å². The first-order chi connectivity index (χ1) is 8.20. The summed E-state index contributed by atoms with van der Waals surface area (Å²) in [6.45, 7) is 9.90. The van der Waals surface area contributed by atoms with Gasteiger partial charge in [0.05, 0.1) is 0 Å². The predicted molar refractivity (Wildman–Crippen MR) is 81.7 cm³/mol. The topological polar surface area (TPSA) is 0 Å². The molecule has 0 nitrogen and oxygen atoms in total. The van der Waals surface area contributed by atoms with Gasteiger partial charge >= 0.3 is 0 Å². The van der Waals surface area contributed by atoms with Crippen LogP contribution in [0.25, 0.3) is 27.6 Å². The molecule has 0 bridgehead atoms. The normalized spacial score (nSPS) is 7.92. The molecule has 0 spiro atoms. The van der Waals surface area contributed by atoms with Gasteiger partial charge in [0.2, 0.25) is 0 Å². The Labute approximate surface area is 168 Å². The molecule has 24 heavy (non-hydrogen) atoms. The van der Waals surface area contributed by atoms with E-state index in [1.165, 1.54) is 32.7 Å². The summed E-state index contributed by atoms with van der Waals surface area (Å²) in [6.07, 6.45) is 1.65. The van der Waals surface area contributed by atoms with Crippen LogP contribution < -0.4 is 0 Å². The Morgan fingerprint density at radius 1 is 0.833 bits per heavy atom. The SMILES string of the molecule is [CH-]=Cc1ccc2c3ccc(C)cc3[c-](C)c2c1.[CH3-].[Re].[Re].[Re].[Rf].[Rf].[Rf]. The Hall–Kier alpha value is -2.96. The zero-order valence-electron chi connectivity index (χ0n) is 14.4. The van der Waals surface area contributed by atoms with E-state index in [4.69, 9.17) is 6.58 Å². The molecule has 6 heteroatoms. The fourth-order valence-electron chi connectivity index (χ4n) is 2.56. The van der Waals surface area contributed by atoms with Crippen LogP contribution in [0.4, 0.5) is 0 Å². The van der Waals surface area contributed by atoms with Crippen LogP contribution >= 0.6 is 0 Å². The molecule has 0 aliphatic heterocycles. The van der Waals surface area contributed by atoms with Crippen molar-refractivity contribution in [1.29, 1.82) is 0 Å². The second-order valence-corrected chi connectivity index (χ2v) is 4.65. The molecule has 3 aromatic rings. The van der Waals surface area contributed by atoms with Gasteiger partial charge in [-0.1, -0.05) is 24.6 Å². The number of aryl methyl sites for hydroxylation is 2. The molecule has 0 heterocycles. The molecule has 0 aliphatic carbocycles. The smallest absolute Gasteiger partial charge is 0 e. The van der Waals surface area contributed by atoms with E-state index in [0.29, 0.717) is 0 Å². The summed E-state index contributed by atoms with van der Waals surface area (Å²) in [5.74, 6) is 0. The van der Waals surface area contributed by atoms with Crippen LogP contribution in [0, 0.1) is 27.9 Å². The first kappa shape index (κ1) is 32.8. The molecule has 0 saturated carbocycles. The molecule has 0 amide bonds. The van der Waals surface area contributed by atoms with E-state index < -0.39 is 0 Å². The molecule has 0 atom stereocenters. The summed E-state index contributed by atoms with van der Waals surface area (Å²) in [5.41, 5.74) is 3.73. The average molecular weight is 1590 g/mol. The maximum Gasteiger partial charge on any atom is 0 e. The summed E-state index contributed by atoms with van der Waals surface area (Å²) >= 11 is 0. The van der Waals surface area contributed by atoms with Gasteiger partial charge in [0.15, 0.2) is 0 Å². The van der Waals surface area contributed by atoms with Crippen molar-refractivity contribution in [2.45, 2.75) is 13.8 Å². The Bertz CT molecular complexity index is 752. The van der Waals surface area contributed by atoms with Gasteiger partial charge in [0.1, 0.15) is 0 Å². The van der Waals surface area contributed by atoms with E-state index in [-0.39, 0.29) is 68.7 Å². The molecule has 0 fully saturated rings. The van der Waals surface area contributed by atoms with Crippen LogP contribution in [-0.4, -0.2) is 0 Å². The summed E-state index contributed by atoms with van der Waals surface area (Å²) in [6, 6.07) is 13.0. The minimum absolute atomic E-state index is 0. The van der Waals surface area contributed by atoms with E-state index in [0.717, 1.165) is 5.56 Å². The molecule has 0 saturated heterocycles. The summed E-state index contributed by atoms with van der Waals surface area (Å²) in [4.78, 5) is 0. The fraction of sp³-hybridized carbons (Fsp3) is 0.111. The van der Waals surface area contributed by atoms with Crippen LogP contribution in [0.1, 0.15) is 16.7 Å². The van der Waals surface area contributed by atoms with Crippen LogP contribution in [0.2, 0.25) is 0 Å². The van der Waals surface area contributed by atoms with Crippen molar-refractivity contribution in [1.82, 2.24) is 0 Å². The third-order valence-corrected chi connectivity index (χ3v) is 3.51. The predicted octanol–water partition coefficient (Wildman–Crippen LogP) is 5.22. The van der Waals surface area contributed by atoms with Crippen molar-refractivity contribution in [2.75, 3.05) is 0 Å². The molecule has 3 aromatic carbocycles. The summed E-state index contributed by atoms with van der Waals surface area (Å²) in [7, 11) is 0. The van der Waals surface area contributed by atoms with Crippen molar-refractivity contribution in [3.8, 4) is 0 Å². The molecule has 0 N–H and O–H groups in total. The first-order valence-electron chi connectivity index (χ1n) is 5.85. The molecular weight excluding hydrogens is 1580 g/mol. The number of hydrogen-bond acceptors (Lipinski definition) is 0. The van der Waals surface area contributed by atoms with E-state index in [2.05, 4.69) is 50.2 Å². The maximum atomic E-state index is 5.58. The Morgan fingerprint density at radius 3 is 1.79 bits per heavy atom. The Kier molecular flexibility index (Phi) is 15.9. The first-order valence-corrected chi connectivity index (χ1v) is 5.85. The Morgan fingerprint density at radius 2 is 1.29 bits per heavy atom. The van der Waals surface area contributed by atoms with Crippen molar-refractivity contribution < 1.29 is 61.3 Å². The van der Waals surface area contributed by atoms with E-state index in [9.17, 15) is 0 Å². The second kappa shape index (κ2) is 11.6. The Balaban J connectivity index is -0.000000172. The van der Waals surface area contributed by atoms with Gasteiger partial charge in [-0.05, 0) is 6.92 Å². The minimum Gasteiger partial charge on any atom is -0.358 e. The average Bonchev–Trinajstić information content (AvgIpc) is 2.62. The molecular formula is C18H17Re3Rf3-3. The molecule has 119 valence electrons. The summed E-state index contributed by atoms with van der Waals surface area (Å²) < 4.78 is 0. The minimum atomic E-state index is 0. The molecule has 0 aliphatic rings. The van der Waals surface area contributed by atoms with E-state index in [1.54, 1.807) is 6.08 Å². The fourth-order valence-corrected chi connectivity index (χ4v) is 2.56. The zero-order chi connectivity index (χ0) is 12.0. The van der Waals surface area contributed by atoms with Crippen molar-refractivity contribution >= 4 is 27.6 Å². The van der Waals surface area contributed by atoms with E-state index in [1.807, 2.05) is 0 Å². The van der Waals surface area contributed by atoms with Crippen LogP contribution in [0.15, 0.2) is 36.4 Å². The number of benzene rings is 2. The number of rotatable bonds is 1. The standard InChI is InChI=1S/C17H14.CH3.3Re.3Rf/c1-4-13-6-8-15-14-7-5-11(2)9-16(14)12(3)17(15)10-13;;;;;;;/h1,4-10H,2-3H3;1H3;;;;;;/q-2;-1;;;;;;. The van der Waals surface area contributed by atoms with Gasteiger partial charge in [-0.2, -0.15) is 12.1 Å². The molecule has 0 aromatic heterocycles. The van der Waals surface area contributed by atoms with Gasteiger partial charge in [-0.25, -0.2) is 11.6 Å². The largest absolute Gasteiger partial charge is 0.358 e. The quantitative estimate of drug-likeness (QED) is 0.294. The number of fused-ring (bicyclic) bond motifs is 3. The van der Waals surface area contributed by atoms with Gasteiger partial charge < -0.3 is 7.43 Å². The third-order valence-electron chi connectivity index (χ3n) is 3.51. The van der Waals surface area contributed by atoms with Gasteiger partial charge in [-0.3, -0.25) is 6.58 Å². The molecule has 3 radical (unpaired) electrons. The monoisotopic (exact) mass is 1600 g/mol. The zero-order valence-corrected chi connectivity index (χ0v) is 41.7. The van der Waals surface area contributed by atoms with Gasteiger partial charge in [0.25, 0.3) is 0 Å². The molecule has 3 rings (SSSR count). The summed E-state index contributed by atoms with van der Waals surface area (Å²) in [5, 5.41) is 5.33. The van der Waals surface area contributed by atoms with E-state index >= 15 is 0 Å². The van der Waals surface area contributed by atoms with Crippen LogP contribution in [0.5, 0.6) is 0 Å². The van der Waals surface area contributed by atoms with Gasteiger partial charge in [-0.15, -0.1) is 39.2 Å². The molecule has 0 unspecified atom stereocenters. The third kappa shape index (κ3) is 4.51. The van der Waals surface area contributed by atoms with Crippen LogP contribution in [0.3, 0.4) is 0 Å². The van der Waals surface area contributed by atoms with Crippen molar-refractivity contribution in [3.05, 3.63) is 67.1 Å². The van der Waals surface area contributed by atoms with Crippen molar-refractivity contribution in [2.24, 2.45) is 0 Å². The number of hydrogen-bond donors (Lipinski definition) is 0. The van der Waals surface area contributed by atoms with Crippen molar-refractivity contribution in [3.63, 3.8) is 0 Å². The van der Waals surface area contributed by atoms with Crippen LogP contribution in [-0.2, 0) is 61.3 Å².